The third kappa shape index (κ3) is 2.56. The fourth-order valence-electron chi connectivity index (χ4n) is 2.18. The van der Waals surface area contributed by atoms with E-state index in [4.69, 9.17) is 4.42 Å². The minimum absolute atomic E-state index is 0.254. The van der Waals surface area contributed by atoms with E-state index in [1.165, 1.54) is 18.2 Å². The Hall–Kier alpha value is -1.46. The lowest BCUT2D eigenvalue weighted by Crippen LogP contribution is -2.02. The molecule has 0 amide bonds. The van der Waals surface area contributed by atoms with E-state index in [2.05, 4.69) is 31.9 Å². The van der Waals surface area contributed by atoms with Crippen LogP contribution in [0.4, 0.5) is 4.39 Å². The van der Waals surface area contributed by atoms with E-state index in [0.717, 1.165) is 15.4 Å². The number of aryl methyl sites for hydroxylation is 1. The number of carbonyl (C=O) groups is 1. The summed E-state index contributed by atoms with van der Waals surface area (Å²) in [6, 6.07) is 9.74. The number of benzene rings is 2. The first kappa shape index (κ1) is 14.5. The highest BCUT2D eigenvalue weighted by atomic mass is 79.9. The maximum Gasteiger partial charge on any atom is 0.228 e. The molecule has 1 heterocycles. The van der Waals surface area contributed by atoms with Crippen LogP contribution in [0.15, 0.2) is 49.8 Å². The predicted molar refractivity (Wildman–Crippen MR) is 86.2 cm³/mol. The topological polar surface area (TPSA) is 30.2 Å². The van der Waals surface area contributed by atoms with Crippen LogP contribution in [0, 0.1) is 12.7 Å². The van der Waals surface area contributed by atoms with Crippen LogP contribution in [0.5, 0.6) is 0 Å². The fourth-order valence-corrected chi connectivity index (χ4v) is 2.92. The molecule has 0 bridgehead atoms. The molecular weight excluding hydrogens is 403 g/mol. The van der Waals surface area contributed by atoms with Crippen LogP contribution < -0.4 is 0 Å². The van der Waals surface area contributed by atoms with Gasteiger partial charge in [-0.25, -0.2) is 4.39 Å². The Bertz CT molecular complexity index is 868. The van der Waals surface area contributed by atoms with E-state index in [1.807, 2.05) is 25.1 Å². The van der Waals surface area contributed by atoms with E-state index < -0.39 is 5.82 Å². The molecule has 2 aromatic carbocycles. The minimum atomic E-state index is -0.406. The van der Waals surface area contributed by atoms with Crippen LogP contribution in [0.3, 0.4) is 0 Å². The third-order valence-electron chi connectivity index (χ3n) is 3.29. The average Bonchev–Trinajstić information content (AvgIpc) is 2.78. The van der Waals surface area contributed by atoms with E-state index in [0.29, 0.717) is 11.1 Å². The van der Waals surface area contributed by atoms with Crippen molar-refractivity contribution < 1.29 is 13.6 Å². The molecule has 0 spiro atoms. The summed E-state index contributed by atoms with van der Waals surface area (Å²) in [5.74, 6) is -0.390. The van der Waals surface area contributed by atoms with Crippen LogP contribution in [-0.2, 0) is 0 Å². The van der Waals surface area contributed by atoms with Crippen molar-refractivity contribution in [3.63, 3.8) is 0 Å². The zero-order valence-electron chi connectivity index (χ0n) is 10.9. The van der Waals surface area contributed by atoms with Gasteiger partial charge in [0.05, 0.1) is 4.47 Å². The summed E-state index contributed by atoms with van der Waals surface area (Å²) >= 11 is 6.49. The number of rotatable bonds is 2. The van der Waals surface area contributed by atoms with Gasteiger partial charge >= 0.3 is 0 Å². The number of hydrogen-bond acceptors (Lipinski definition) is 2. The van der Waals surface area contributed by atoms with Gasteiger partial charge in [0.1, 0.15) is 11.4 Å². The van der Waals surface area contributed by atoms with Gasteiger partial charge in [0, 0.05) is 21.0 Å². The van der Waals surface area contributed by atoms with Gasteiger partial charge in [0.15, 0.2) is 5.76 Å². The van der Waals surface area contributed by atoms with E-state index in [1.54, 1.807) is 0 Å². The first-order chi connectivity index (χ1) is 9.97. The summed E-state index contributed by atoms with van der Waals surface area (Å²) in [6.07, 6.45) is 0. The Morgan fingerprint density at radius 1 is 1.14 bits per heavy atom. The van der Waals surface area contributed by atoms with Gasteiger partial charge in [-0.05, 0) is 59.3 Å². The molecule has 3 rings (SSSR count). The van der Waals surface area contributed by atoms with Crippen molar-refractivity contribution in [2.45, 2.75) is 6.92 Å². The molecule has 3 aromatic rings. The van der Waals surface area contributed by atoms with E-state index in [-0.39, 0.29) is 16.0 Å². The quantitative estimate of drug-likeness (QED) is 0.511. The molecule has 5 heteroatoms. The molecule has 21 heavy (non-hydrogen) atoms. The highest BCUT2D eigenvalue weighted by Gasteiger charge is 2.20. The summed E-state index contributed by atoms with van der Waals surface area (Å²) in [5, 5.41) is 0.883. The summed E-state index contributed by atoms with van der Waals surface area (Å²) in [5.41, 5.74) is 1.81. The monoisotopic (exact) mass is 410 g/mol. The normalized spacial score (nSPS) is 11.0. The van der Waals surface area contributed by atoms with Gasteiger partial charge in [-0.3, -0.25) is 4.79 Å². The van der Waals surface area contributed by atoms with Crippen molar-refractivity contribution in [3.8, 4) is 0 Å². The summed E-state index contributed by atoms with van der Waals surface area (Å²) in [7, 11) is 0. The zero-order valence-corrected chi connectivity index (χ0v) is 14.1. The summed E-state index contributed by atoms with van der Waals surface area (Å²) in [6.45, 7) is 1.84. The van der Waals surface area contributed by atoms with E-state index in [9.17, 15) is 9.18 Å². The molecule has 0 saturated heterocycles. The molecule has 0 fully saturated rings. The van der Waals surface area contributed by atoms with Crippen LogP contribution >= 0.6 is 31.9 Å². The number of halogens is 3. The second-order valence-corrected chi connectivity index (χ2v) is 6.42. The van der Waals surface area contributed by atoms with Crippen molar-refractivity contribution in [1.29, 1.82) is 0 Å². The number of fused-ring (bicyclic) bond motifs is 1. The average molecular weight is 412 g/mol. The fraction of sp³-hybridized carbons (Fsp3) is 0.0625. The number of hydrogen-bond donors (Lipinski definition) is 0. The van der Waals surface area contributed by atoms with Gasteiger partial charge in [-0.1, -0.05) is 15.9 Å². The van der Waals surface area contributed by atoms with Crippen molar-refractivity contribution in [2.24, 2.45) is 0 Å². The highest BCUT2D eigenvalue weighted by Crippen LogP contribution is 2.30. The van der Waals surface area contributed by atoms with Crippen molar-refractivity contribution in [1.82, 2.24) is 0 Å². The molecule has 1 aromatic heterocycles. The highest BCUT2D eigenvalue weighted by molar-refractivity contribution is 9.10. The lowest BCUT2D eigenvalue weighted by Gasteiger charge is -2.01. The van der Waals surface area contributed by atoms with Crippen LogP contribution in [0.2, 0.25) is 0 Å². The maximum atomic E-state index is 13.3. The van der Waals surface area contributed by atoms with Gasteiger partial charge in [-0.2, -0.15) is 0 Å². The van der Waals surface area contributed by atoms with Crippen LogP contribution in [0.25, 0.3) is 11.0 Å². The largest absolute Gasteiger partial charge is 0.452 e. The van der Waals surface area contributed by atoms with Gasteiger partial charge in [-0.15, -0.1) is 0 Å². The molecular formula is C16H9Br2FO2. The molecule has 0 atom stereocenters. The maximum absolute atomic E-state index is 13.3. The molecule has 0 aliphatic carbocycles. The molecule has 0 aliphatic rings. The Labute approximate surface area is 137 Å². The smallest absolute Gasteiger partial charge is 0.228 e. The first-order valence-corrected chi connectivity index (χ1v) is 7.74. The standard InChI is InChI=1S/C16H9Br2FO2/c1-8-11-7-10(17)3-5-14(11)21-16(8)15(20)9-2-4-13(19)12(18)6-9/h2-7H,1H3. The molecule has 0 saturated carbocycles. The minimum Gasteiger partial charge on any atom is -0.452 e. The Kier molecular flexibility index (Phi) is 3.71. The molecule has 0 unspecified atom stereocenters. The van der Waals surface area contributed by atoms with Crippen LogP contribution in [-0.4, -0.2) is 5.78 Å². The summed E-state index contributed by atoms with van der Waals surface area (Å²) in [4.78, 5) is 12.5. The lowest BCUT2D eigenvalue weighted by molar-refractivity contribution is 0.101. The Morgan fingerprint density at radius 3 is 2.62 bits per heavy atom. The van der Waals surface area contributed by atoms with Gasteiger partial charge < -0.3 is 4.42 Å². The Morgan fingerprint density at radius 2 is 1.90 bits per heavy atom. The van der Waals surface area contributed by atoms with Crippen molar-refractivity contribution >= 4 is 48.6 Å². The molecule has 0 N–H and O–H groups in total. The Balaban J connectivity index is 2.13. The van der Waals surface area contributed by atoms with Crippen molar-refractivity contribution in [2.75, 3.05) is 0 Å². The molecule has 106 valence electrons. The third-order valence-corrected chi connectivity index (χ3v) is 4.39. The van der Waals surface area contributed by atoms with Crippen molar-refractivity contribution in [3.05, 3.63) is 68.0 Å². The van der Waals surface area contributed by atoms with Gasteiger partial charge in [0.25, 0.3) is 0 Å². The van der Waals surface area contributed by atoms with Crippen LogP contribution in [0.1, 0.15) is 21.7 Å². The molecule has 0 aliphatic heterocycles. The number of furan rings is 1. The second kappa shape index (κ2) is 5.39. The van der Waals surface area contributed by atoms with Gasteiger partial charge in [0.2, 0.25) is 5.78 Å². The van der Waals surface area contributed by atoms with E-state index >= 15 is 0 Å². The molecule has 0 radical (unpaired) electrons. The zero-order chi connectivity index (χ0) is 15.1. The number of carbonyl (C=O) groups excluding carboxylic acids is 1. The number of ketones is 1. The summed E-state index contributed by atoms with van der Waals surface area (Å²) < 4.78 is 20.1. The first-order valence-electron chi connectivity index (χ1n) is 6.16. The SMILES string of the molecule is Cc1c(C(=O)c2ccc(F)c(Br)c2)oc2ccc(Br)cc12. The second-order valence-electron chi connectivity index (χ2n) is 4.65. The molecule has 2 nitrogen and oxygen atoms in total. The lowest BCUT2D eigenvalue weighted by atomic mass is 10.0. The predicted octanol–water partition coefficient (Wildman–Crippen LogP) is 5.64.